The molecule has 1 rings (SSSR count). The molecule has 1 aliphatic carbocycles. The number of rotatable bonds is 2. The maximum atomic E-state index is 9.64. The monoisotopic (exact) mass is 170 g/mol. The van der Waals surface area contributed by atoms with Gasteiger partial charge in [-0.05, 0) is 33.1 Å². The topological polar surface area (TPSA) is 29.5 Å². The Bertz CT molecular complexity index is 163. The number of hydrogen-bond donors (Lipinski definition) is 1. The van der Waals surface area contributed by atoms with Crippen molar-refractivity contribution >= 4 is 0 Å². The molecule has 2 atom stereocenters. The van der Waals surface area contributed by atoms with Crippen molar-refractivity contribution in [1.29, 1.82) is 0 Å². The third-order valence-electron chi connectivity index (χ3n) is 2.29. The predicted octanol–water partition coefficient (Wildman–Crippen LogP) is 1.88. The van der Waals surface area contributed by atoms with E-state index >= 15 is 0 Å². The van der Waals surface area contributed by atoms with Crippen LogP contribution in [0.25, 0.3) is 0 Å². The molecule has 0 radical (unpaired) electrons. The van der Waals surface area contributed by atoms with Gasteiger partial charge < -0.3 is 9.84 Å². The third kappa shape index (κ3) is 2.61. The minimum absolute atomic E-state index is 0.0220. The van der Waals surface area contributed by atoms with Crippen molar-refractivity contribution in [3.63, 3.8) is 0 Å². The van der Waals surface area contributed by atoms with E-state index in [0.29, 0.717) is 6.61 Å². The molecule has 2 nitrogen and oxygen atoms in total. The predicted molar refractivity (Wildman–Crippen MR) is 49.0 cm³/mol. The van der Waals surface area contributed by atoms with E-state index in [1.807, 2.05) is 6.92 Å². The van der Waals surface area contributed by atoms with Crippen molar-refractivity contribution in [3.05, 3.63) is 11.6 Å². The van der Waals surface area contributed by atoms with Gasteiger partial charge in [-0.3, -0.25) is 0 Å². The Kier molecular flexibility index (Phi) is 3.76. The highest BCUT2D eigenvalue weighted by Gasteiger charge is 2.21. The SMILES string of the molecule is CCO[C@H]1CC(C)=CCC[C@@H]1O. The molecule has 70 valence electrons. The molecule has 0 aromatic carbocycles. The van der Waals surface area contributed by atoms with Crippen molar-refractivity contribution in [2.75, 3.05) is 6.61 Å². The second-order valence-electron chi connectivity index (χ2n) is 3.39. The number of allylic oxidation sites excluding steroid dienone is 1. The highest BCUT2D eigenvalue weighted by Crippen LogP contribution is 2.20. The van der Waals surface area contributed by atoms with Crippen LogP contribution in [-0.2, 0) is 4.74 Å². The first kappa shape index (κ1) is 9.75. The van der Waals surface area contributed by atoms with Crippen LogP contribution in [0.15, 0.2) is 11.6 Å². The van der Waals surface area contributed by atoms with Gasteiger partial charge in [0.15, 0.2) is 0 Å². The van der Waals surface area contributed by atoms with Crippen molar-refractivity contribution in [1.82, 2.24) is 0 Å². The zero-order chi connectivity index (χ0) is 8.97. The summed E-state index contributed by atoms with van der Waals surface area (Å²) in [5, 5.41) is 9.64. The lowest BCUT2D eigenvalue weighted by Crippen LogP contribution is -2.28. The fourth-order valence-electron chi connectivity index (χ4n) is 1.61. The molecule has 0 aromatic rings. The molecule has 0 saturated carbocycles. The average Bonchev–Trinajstić information content (AvgIpc) is 2.16. The van der Waals surface area contributed by atoms with Crippen molar-refractivity contribution in [3.8, 4) is 0 Å². The van der Waals surface area contributed by atoms with E-state index in [9.17, 15) is 5.11 Å². The van der Waals surface area contributed by atoms with Gasteiger partial charge in [0, 0.05) is 6.61 Å². The van der Waals surface area contributed by atoms with Crippen LogP contribution < -0.4 is 0 Å². The van der Waals surface area contributed by atoms with Gasteiger partial charge in [-0.1, -0.05) is 11.6 Å². The van der Waals surface area contributed by atoms with Crippen LogP contribution in [-0.4, -0.2) is 23.9 Å². The fourth-order valence-corrected chi connectivity index (χ4v) is 1.61. The minimum Gasteiger partial charge on any atom is -0.390 e. The van der Waals surface area contributed by atoms with Crippen LogP contribution >= 0.6 is 0 Å². The van der Waals surface area contributed by atoms with Crippen LogP contribution in [0.2, 0.25) is 0 Å². The Morgan fingerprint density at radius 3 is 3.08 bits per heavy atom. The van der Waals surface area contributed by atoms with Gasteiger partial charge in [0.25, 0.3) is 0 Å². The zero-order valence-electron chi connectivity index (χ0n) is 7.92. The van der Waals surface area contributed by atoms with Crippen LogP contribution in [0.5, 0.6) is 0 Å². The molecule has 1 N–H and O–H groups in total. The van der Waals surface area contributed by atoms with Crippen molar-refractivity contribution in [2.24, 2.45) is 0 Å². The molecule has 0 heterocycles. The van der Waals surface area contributed by atoms with Gasteiger partial charge in [-0.2, -0.15) is 0 Å². The number of aliphatic hydroxyl groups excluding tert-OH is 1. The maximum absolute atomic E-state index is 9.64. The molecule has 0 spiro atoms. The lowest BCUT2D eigenvalue weighted by Gasteiger charge is -2.20. The first-order chi connectivity index (χ1) is 5.74. The smallest absolute Gasteiger partial charge is 0.0870 e. The van der Waals surface area contributed by atoms with Gasteiger partial charge >= 0.3 is 0 Å². The summed E-state index contributed by atoms with van der Waals surface area (Å²) in [5.74, 6) is 0. The maximum Gasteiger partial charge on any atom is 0.0870 e. The van der Waals surface area contributed by atoms with Crippen LogP contribution in [0.3, 0.4) is 0 Å². The Balaban J connectivity index is 2.51. The van der Waals surface area contributed by atoms with Crippen molar-refractivity contribution < 1.29 is 9.84 Å². The minimum atomic E-state index is -0.279. The van der Waals surface area contributed by atoms with E-state index in [1.165, 1.54) is 5.57 Å². The molecule has 0 unspecified atom stereocenters. The second-order valence-corrected chi connectivity index (χ2v) is 3.39. The molecule has 0 aromatic heterocycles. The van der Waals surface area contributed by atoms with Gasteiger partial charge in [-0.25, -0.2) is 0 Å². The first-order valence-corrected chi connectivity index (χ1v) is 4.69. The normalized spacial score (nSPS) is 31.1. The van der Waals surface area contributed by atoms with Crippen LogP contribution in [0.4, 0.5) is 0 Å². The summed E-state index contributed by atoms with van der Waals surface area (Å²) in [5.41, 5.74) is 1.34. The lowest BCUT2D eigenvalue weighted by molar-refractivity contribution is -0.0325. The standard InChI is InChI=1S/C10H18O2/c1-3-12-10-7-8(2)5-4-6-9(10)11/h5,9-11H,3-4,6-7H2,1-2H3/t9-,10-/m0/s1. The summed E-state index contributed by atoms with van der Waals surface area (Å²) >= 11 is 0. The van der Waals surface area contributed by atoms with Gasteiger partial charge in [-0.15, -0.1) is 0 Å². The molecule has 0 fully saturated rings. The first-order valence-electron chi connectivity index (χ1n) is 4.69. The number of ether oxygens (including phenoxy) is 1. The molecule has 1 aliphatic rings. The summed E-state index contributed by atoms with van der Waals surface area (Å²) in [6, 6.07) is 0. The summed E-state index contributed by atoms with van der Waals surface area (Å²) < 4.78 is 5.45. The molecule has 12 heavy (non-hydrogen) atoms. The quantitative estimate of drug-likeness (QED) is 0.641. The Labute approximate surface area is 74.2 Å². The molecule has 2 heteroatoms. The van der Waals surface area contributed by atoms with Crippen molar-refractivity contribution in [2.45, 2.75) is 45.3 Å². The summed E-state index contributed by atoms with van der Waals surface area (Å²) in [4.78, 5) is 0. The molecule has 0 aliphatic heterocycles. The molecule has 0 amide bonds. The van der Waals surface area contributed by atoms with Crippen LogP contribution in [0.1, 0.15) is 33.1 Å². The molecular weight excluding hydrogens is 152 g/mol. The van der Waals surface area contributed by atoms with Gasteiger partial charge in [0.1, 0.15) is 0 Å². The van der Waals surface area contributed by atoms with Crippen LogP contribution in [0, 0.1) is 0 Å². The van der Waals surface area contributed by atoms with E-state index in [0.717, 1.165) is 19.3 Å². The van der Waals surface area contributed by atoms with E-state index in [1.54, 1.807) is 0 Å². The number of hydrogen-bond acceptors (Lipinski definition) is 2. The summed E-state index contributed by atoms with van der Waals surface area (Å²) in [7, 11) is 0. The Morgan fingerprint density at radius 1 is 1.67 bits per heavy atom. The highest BCUT2D eigenvalue weighted by molar-refractivity contribution is 5.03. The number of aliphatic hydroxyl groups is 1. The van der Waals surface area contributed by atoms with E-state index in [2.05, 4.69) is 13.0 Å². The summed E-state index contributed by atoms with van der Waals surface area (Å²) in [6.45, 7) is 4.76. The zero-order valence-corrected chi connectivity index (χ0v) is 7.92. The van der Waals surface area contributed by atoms with E-state index < -0.39 is 0 Å². The Hall–Kier alpha value is -0.340. The highest BCUT2D eigenvalue weighted by atomic mass is 16.5. The molecule has 0 bridgehead atoms. The van der Waals surface area contributed by atoms with E-state index in [-0.39, 0.29) is 12.2 Å². The van der Waals surface area contributed by atoms with E-state index in [4.69, 9.17) is 4.74 Å². The largest absolute Gasteiger partial charge is 0.390 e. The second kappa shape index (κ2) is 4.63. The van der Waals surface area contributed by atoms with Gasteiger partial charge in [0.2, 0.25) is 0 Å². The van der Waals surface area contributed by atoms with Gasteiger partial charge in [0.05, 0.1) is 12.2 Å². The molecule has 0 saturated heterocycles. The third-order valence-corrected chi connectivity index (χ3v) is 2.29. The molecular formula is C10H18O2. The Morgan fingerprint density at radius 2 is 2.42 bits per heavy atom. The average molecular weight is 170 g/mol. The lowest BCUT2D eigenvalue weighted by atomic mass is 10.1. The summed E-state index contributed by atoms with van der Waals surface area (Å²) in [6.07, 6.45) is 4.64. The fraction of sp³-hybridized carbons (Fsp3) is 0.800.